The van der Waals surface area contributed by atoms with Crippen LogP contribution >= 0.6 is 23.1 Å². The highest BCUT2D eigenvalue weighted by Crippen LogP contribution is 2.29. The number of fused-ring (bicyclic) bond motifs is 1. The predicted octanol–water partition coefficient (Wildman–Crippen LogP) is 4.31. The van der Waals surface area contributed by atoms with E-state index >= 15 is 0 Å². The zero-order valence-corrected chi connectivity index (χ0v) is 12.8. The smallest absolute Gasteiger partial charge is 0.234 e. The Labute approximate surface area is 133 Å². The van der Waals surface area contributed by atoms with Gasteiger partial charge < -0.3 is 5.32 Å². The number of aromatic nitrogens is 1. The van der Waals surface area contributed by atoms with Crippen LogP contribution in [0.4, 0.5) is 14.5 Å². The Morgan fingerprint density at radius 3 is 2.77 bits per heavy atom. The van der Waals surface area contributed by atoms with Crippen molar-refractivity contribution in [3.8, 4) is 0 Å². The third-order valence-corrected chi connectivity index (χ3v) is 4.98. The average molecular weight is 336 g/mol. The molecule has 0 aliphatic carbocycles. The van der Waals surface area contributed by atoms with Gasteiger partial charge in [0.2, 0.25) is 5.91 Å². The molecule has 1 heterocycles. The molecular weight excluding hydrogens is 326 g/mol. The maximum atomic E-state index is 13.1. The van der Waals surface area contributed by atoms with Crippen LogP contribution in [0.1, 0.15) is 0 Å². The molecule has 0 saturated carbocycles. The van der Waals surface area contributed by atoms with E-state index in [1.54, 1.807) is 0 Å². The minimum absolute atomic E-state index is 0.152. The van der Waals surface area contributed by atoms with Crippen molar-refractivity contribution in [2.45, 2.75) is 4.34 Å². The van der Waals surface area contributed by atoms with Crippen LogP contribution in [0.25, 0.3) is 10.2 Å². The first-order chi connectivity index (χ1) is 10.6. The molecule has 22 heavy (non-hydrogen) atoms. The Morgan fingerprint density at radius 2 is 2.00 bits per heavy atom. The van der Waals surface area contributed by atoms with Gasteiger partial charge in [-0.15, -0.1) is 11.3 Å². The van der Waals surface area contributed by atoms with Gasteiger partial charge in [0.1, 0.15) is 0 Å². The Morgan fingerprint density at radius 1 is 1.18 bits per heavy atom. The molecule has 0 spiro atoms. The van der Waals surface area contributed by atoms with Crippen molar-refractivity contribution in [1.29, 1.82) is 0 Å². The lowest BCUT2D eigenvalue weighted by Gasteiger charge is -2.04. The molecule has 0 saturated heterocycles. The van der Waals surface area contributed by atoms with Crippen molar-refractivity contribution in [3.05, 3.63) is 54.1 Å². The molecule has 3 rings (SSSR count). The number of nitrogens with one attached hydrogen (secondary N) is 1. The fourth-order valence-corrected chi connectivity index (χ4v) is 3.68. The number of nitrogens with zero attached hydrogens (tertiary/aromatic N) is 1. The van der Waals surface area contributed by atoms with Gasteiger partial charge in [0.15, 0.2) is 16.0 Å². The molecule has 3 nitrogen and oxygen atoms in total. The Bertz CT molecular complexity index is 802. The standard InChI is InChI=1S/C15H10F2N2OS2/c16-10-6-5-9(7-11(10)17)18-14(20)8-21-15-19-12-3-1-2-4-13(12)22-15/h1-7H,8H2,(H,18,20). The number of benzene rings is 2. The summed E-state index contributed by atoms with van der Waals surface area (Å²) in [6.45, 7) is 0. The topological polar surface area (TPSA) is 42.0 Å². The number of para-hydroxylation sites is 1. The van der Waals surface area contributed by atoms with E-state index in [-0.39, 0.29) is 17.3 Å². The summed E-state index contributed by atoms with van der Waals surface area (Å²) in [5, 5.41) is 2.52. The summed E-state index contributed by atoms with van der Waals surface area (Å²) >= 11 is 2.82. The third kappa shape index (κ3) is 3.42. The Balaban J connectivity index is 1.60. The molecule has 2 aromatic carbocycles. The van der Waals surface area contributed by atoms with Gasteiger partial charge in [0.25, 0.3) is 0 Å². The number of thioether (sulfide) groups is 1. The second-order valence-corrected chi connectivity index (χ2v) is 6.67. The molecule has 1 amide bonds. The molecular formula is C15H10F2N2OS2. The molecule has 3 aromatic rings. The molecule has 0 radical (unpaired) electrons. The van der Waals surface area contributed by atoms with Gasteiger partial charge in [0.05, 0.1) is 16.0 Å². The van der Waals surface area contributed by atoms with Gasteiger partial charge in [-0.25, -0.2) is 13.8 Å². The fraction of sp³-hybridized carbons (Fsp3) is 0.0667. The van der Waals surface area contributed by atoms with Crippen molar-refractivity contribution < 1.29 is 13.6 Å². The van der Waals surface area contributed by atoms with Gasteiger partial charge >= 0.3 is 0 Å². The summed E-state index contributed by atoms with van der Waals surface area (Å²) in [5.41, 5.74) is 1.13. The van der Waals surface area contributed by atoms with Crippen molar-refractivity contribution in [2.24, 2.45) is 0 Å². The highest BCUT2D eigenvalue weighted by atomic mass is 32.2. The van der Waals surface area contributed by atoms with Crippen molar-refractivity contribution in [2.75, 3.05) is 11.1 Å². The number of rotatable bonds is 4. The van der Waals surface area contributed by atoms with Crippen molar-refractivity contribution in [3.63, 3.8) is 0 Å². The van der Waals surface area contributed by atoms with E-state index < -0.39 is 11.6 Å². The molecule has 0 fully saturated rings. The number of amides is 1. The first-order valence-corrected chi connectivity index (χ1v) is 8.15. The number of hydrogen-bond donors (Lipinski definition) is 1. The second kappa shape index (κ2) is 6.41. The molecule has 0 bridgehead atoms. The predicted molar refractivity (Wildman–Crippen MR) is 85.3 cm³/mol. The van der Waals surface area contributed by atoms with Crippen molar-refractivity contribution in [1.82, 2.24) is 4.98 Å². The Hall–Kier alpha value is -1.99. The van der Waals surface area contributed by atoms with Crippen LogP contribution in [-0.4, -0.2) is 16.6 Å². The lowest BCUT2D eigenvalue weighted by atomic mass is 10.3. The number of hydrogen-bond acceptors (Lipinski definition) is 4. The second-order valence-electron chi connectivity index (χ2n) is 4.41. The number of halogens is 2. The van der Waals surface area contributed by atoms with Gasteiger partial charge in [-0.3, -0.25) is 4.79 Å². The minimum atomic E-state index is -0.989. The van der Waals surface area contributed by atoms with Gasteiger partial charge in [-0.05, 0) is 24.3 Å². The molecule has 0 unspecified atom stereocenters. The number of carbonyl (C=O) groups is 1. The van der Waals surface area contributed by atoms with Crippen LogP contribution in [0, 0.1) is 11.6 Å². The van der Waals surface area contributed by atoms with E-state index in [0.717, 1.165) is 26.7 Å². The zero-order valence-electron chi connectivity index (χ0n) is 11.2. The number of carbonyl (C=O) groups excluding carboxylic acids is 1. The zero-order chi connectivity index (χ0) is 15.5. The lowest BCUT2D eigenvalue weighted by molar-refractivity contribution is -0.113. The quantitative estimate of drug-likeness (QED) is 0.722. The van der Waals surface area contributed by atoms with Crippen LogP contribution < -0.4 is 5.32 Å². The maximum absolute atomic E-state index is 13.1. The third-order valence-electron chi connectivity index (χ3n) is 2.80. The van der Waals surface area contributed by atoms with E-state index in [0.29, 0.717) is 0 Å². The molecule has 112 valence electrons. The van der Waals surface area contributed by atoms with Gasteiger partial charge in [-0.1, -0.05) is 23.9 Å². The SMILES string of the molecule is O=C(CSc1nc2ccccc2s1)Nc1ccc(F)c(F)c1. The van der Waals surface area contributed by atoms with E-state index in [4.69, 9.17) is 0 Å². The molecule has 0 aliphatic heterocycles. The fourth-order valence-electron chi connectivity index (χ4n) is 1.81. The number of anilines is 1. The molecule has 0 aliphatic rings. The van der Waals surface area contributed by atoms with Gasteiger partial charge in [-0.2, -0.15) is 0 Å². The monoisotopic (exact) mass is 336 g/mol. The largest absolute Gasteiger partial charge is 0.325 e. The summed E-state index contributed by atoms with van der Waals surface area (Å²) in [5.74, 6) is -2.08. The summed E-state index contributed by atoms with van der Waals surface area (Å²) < 4.78 is 27.7. The molecule has 0 atom stereocenters. The van der Waals surface area contributed by atoms with E-state index in [1.165, 1.54) is 29.2 Å². The summed E-state index contributed by atoms with van der Waals surface area (Å²) in [6.07, 6.45) is 0. The highest BCUT2D eigenvalue weighted by Gasteiger charge is 2.09. The van der Waals surface area contributed by atoms with Crippen LogP contribution in [0.15, 0.2) is 46.8 Å². The first-order valence-electron chi connectivity index (χ1n) is 6.35. The molecule has 1 N–H and O–H groups in total. The lowest BCUT2D eigenvalue weighted by Crippen LogP contribution is -2.14. The number of thiazole rings is 1. The van der Waals surface area contributed by atoms with Crippen LogP contribution in [-0.2, 0) is 4.79 Å². The van der Waals surface area contributed by atoms with E-state index in [1.807, 2.05) is 24.3 Å². The Kier molecular flexibility index (Phi) is 4.35. The van der Waals surface area contributed by atoms with E-state index in [9.17, 15) is 13.6 Å². The summed E-state index contributed by atoms with van der Waals surface area (Å²) in [7, 11) is 0. The minimum Gasteiger partial charge on any atom is -0.325 e. The maximum Gasteiger partial charge on any atom is 0.234 e. The summed E-state index contributed by atoms with van der Waals surface area (Å²) in [6, 6.07) is 11.0. The van der Waals surface area contributed by atoms with Crippen LogP contribution in [0.3, 0.4) is 0 Å². The average Bonchev–Trinajstić information content (AvgIpc) is 2.92. The first kappa shape index (κ1) is 14.9. The summed E-state index contributed by atoms with van der Waals surface area (Å²) in [4.78, 5) is 16.2. The highest BCUT2D eigenvalue weighted by molar-refractivity contribution is 8.01. The molecule has 7 heteroatoms. The van der Waals surface area contributed by atoms with Gasteiger partial charge in [0, 0.05) is 11.8 Å². The molecule has 1 aromatic heterocycles. The van der Waals surface area contributed by atoms with Crippen LogP contribution in [0.2, 0.25) is 0 Å². The normalized spacial score (nSPS) is 10.8. The van der Waals surface area contributed by atoms with E-state index in [2.05, 4.69) is 10.3 Å². The van der Waals surface area contributed by atoms with Crippen LogP contribution in [0.5, 0.6) is 0 Å². The van der Waals surface area contributed by atoms with Crippen molar-refractivity contribution >= 4 is 44.9 Å².